The zero-order valence-corrected chi connectivity index (χ0v) is 11.9. The fourth-order valence-electron chi connectivity index (χ4n) is 2.04. The van der Waals surface area contributed by atoms with E-state index >= 15 is 0 Å². The highest BCUT2D eigenvalue weighted by Crippen LogP contribution is 2.18. The van der Waals surface area contributed by atoms with Gasteiger partial charge in [0, 0.05) is 24.5 Å². The summed E-state index contributed by atoms with van der Waals surface area (Å²) in [6, 6.07) is 13.7. The number of anilines is 1. The molecular formula is C17H18N2O2. The van der Waals surface area contributed by atoms with Gasteiger partial charge >= 0.3 is 5.97 Å². The Hall–Kier alpha value is -2.62. The predicted octanol–water partition coefficient (Wildman–Crippen LogP) is 3.21. The Morgan fingerprint density at radius 2 is 2.00 bits per heavy atom. The van der Waals surface area contributed by atoms with Gasteiger partial charge in [-0.15, -0.1) is 0 Å². The Kier molecular flexibility index (Phi) is 5.10. The van der Waals surface area contributed by atoms with Crippen molar-refractivity contribution in [3.8, 4) is 0 Å². The van der Waals surface area contributed by atoms with Gasteiger partial charge in [-0.25, -0.2) is 4.79 Å². The van der Waals surface area contributed by atoms with Crippen LogP contribution in [-0.4, -0.2) is 22.6 Å². The Morgan fingerprint density at radius 3 is 2.57 bits per heavy atom. The Bertz CT molecular complexity index is 606. The van der Waals surface area contributed by atoms with E-state index in [0.717, 1.165) is 36.1 Å². The largest absolute Gasteiger partial charge is 0.478 e. The SMILES string of the molecule is CCN(Cc1ccccn1)c1ccc(/C=C/C(=O)O)cc1. The number of carboxylic acids is 1. The molecule has 4 nitrogen and oxygen atoms in total. The lowest BCUT2D eigenvalue weighted by Gasteiger charge is -2.22. The molecule has 21 heavy (non-hydrogen) atoms. The fourth-order valence-corrected chi connectivity index (χ4v) is 2.04. The van der Waals surface area contributed by atoms with Gasteiger partial charge < -0.3 is 10.0 Å². The number of carboxylic acid groups (broad SMARTS) is 1. The fraction of sp³-hybridized carbons (Fsp3) is 0.176. The Morgan fingerprint density at radius 1 is 1.24 bits per heavy atom. The van der Waals surface area contributed by atoms with E-state index in [0.29, 0.717) is 0 Å². The molecule has 2 rings (SSSR count). The third kappa shape index (κ3) is 4.45. The van der Waals surface area contributed by atoms with Gasteiger partial charge in [0.2, 0.25) is 0 Å². The van der Waals surface area contributed by atoms with Crippen LogP contribution < -0.4 is 4.90 Å². The molecule has 108 valence electrons. The minimum absolute atomic E-state index is 0.752. The first-order valence-corrected chi connectivity index (χ1v) is 6.85. The minimum atomic E-state index is -0.940. The summed E-state index contributed by atoms with van der Waals surface area (Å²) < 4.78 is 0. The molecular weight excluding hydrogens is 264 g/mol. The minimum Gasteiger partial charge on any atom is -0.478 e. The molecule has 0 aliphatic heterocycles. The van der Waals surface area contributed by atoms with Crippen molar-refractivity contribution in [2.24, 2.45) is 0 Å². The van der Waals surface area contributed by atoms with Gasteiger partial charge in [-0.1, -0.05) is 18.2 Å². The van der Waals surface area contributed by atoms with E-state index in [1.165, 1.54) is 0 Å². The molecule has 1 heterocycles. The summed E-state index contributed by atoms with van der Waals surface area (Å²) in [7, 11) is 0. The van der Waals surface area contributed by atoms with Gasteiger partial charge in [0.1, 0.15) is 0 Å². The molecule has 0 saturated heterocycles. The van der Waals surface area contributed by atoms with Crippen LogP contribution in [0.2, 0.25) is 0 Å². The van der Waals surface area contributed by atoms with Gasteiger partial charge in [-0.05, 0) is 42.8 Å². The maximum absolute atomic E-state index is 10.5. The second-order valence-corrected chi connectivity index (χ2v) is 4.60. The van der Waals surface area contributed by atoms with Crippen molar-refractivity contribution in [2.75, 3.05) is 11.4 Å². The zero-order chi connectivity index (χ0) is 15.1. The topological polar surface area (TPSA) is 53.4 Å². The van der Waals surface area contributed by atoms with Crippen LogP contribution in [-0.2, 0) is 11.3 Å². The van der Waals surface area contributed by atoms with Crippen LogP contribution in [0.15, 0.2) is 54.7 Å². The van der Waals surface area contributed by atoms with Crippen molar-refractivity contribution in [3.63, 3.8) is 0 Å². The molecule has 0 atom stereocenters. The summed E-state index contributed by atoms with van der Waals surface area (Å²) in [6.07, 6.45) is 4.52. The normalized spacial score (nSPS) is 10.7. The quantitative estimate of drug-likeness (QED) is 0.827. The number of nitrogens with zero attached hydrogens (tertiary/aromatic N) is 2. The number of pyridine rings is 1. The van der Waals surface area contributed by atoms with Crippen LogP contribution in [0.25, 0.3) is 6.08 Å². The third-order valence-electron chi connectivity index (χ3n) is 3.14. The number of rotatable bonds is 6. The second-order valence-electron chi connectivity index (χ2n) is 4.60. The van der Waals surface area contributed by atoms with E-state index in [1.807, 2.05) is 42.5 Å². The summed E-state index contributed by atoms with van der Waals surface area (Å²) in [5.74, 6) is -0.940. The van der Waals surface area contributed by atoms with Crippen LogP contribution in [0.1, 0.15) is 18.2 Å². The average Bonchev–Trinajstić information content (AvgIpc) is 2.52. The molecule has 0 bridgehead atoms. The first-order chi connectivity index (χ1) is 10.2. The Labute approximate surface area is 124 Å². The highest BCUT2D eigenvalue weighted by molar-refractivity contribution is 5.85. The van der Waals surface area contributed by atoms with E-state index in [9.17, 15) is 4.79 Å². The number of hydrogen-bond donors (Lipinski definition) is 1. The third-order valence-corrected chi connectivity index (χ3v) is 3.14. The number of carbonyl (C=O) groups is 1. The standard InChI is InChI=1S/C17H18N2O2/c1-2-19(13-15-5-3-4-12-18-15)16-9-6-14(7-10-16)8-11-17(20)21/h3-12H,2,13H2,1H3,(H,20,21)/b11-8+. The number of hydrogen-bond acceptors (Lipinski definition) is 3. The van der Waals surface area contributed by atoms with Crippen LogP contribution in [0.4, 0.5) is 5.69 Å². The van der Waals surface area contributed by atoms with Gasteiger partial charge in [0.05, 0.1) is 12.2 Å². The van der Waals surface area contributed by atoms with Crippen molar-refractivity contribution in [1.82, 2.24) is 4.98 Å². The van der Waals surface area contributed by atoms with Crippen molar-refractivity contribution >= 4 is 17.7 Å². The van der Waals surface area contributed by atoms with E-state index < -0.39 is 5.97 Å². The highest BCUT2D eigenvalue weighted by atomic mass is 16.4. The number of aliphatic carboxylic acids is 1. The smallest absolute Gasteiger partial charge is 0.328 e. The predicted molar refractivity (Wildman–Crippen MR) is 84.1 cm³/mol. The first-order valence-electron chi connectivity index (χ1n) is 6.85. The zero-order valence-electron chi connectivity index (χ0n) is 11.9. The highest BCUT2D eigenvalue weighted by Gasteiger charge is 2.05. The second kappa shape index (κ2) is 7.24. The van der Waals surface area contributed by atoms with Crippen LogP contribution in [0.3, 0.4) is 0 Å². The van der Waals surface area contributed by atoms with E-state index in [2.05, 4.69) is 16.8 Å². The number of aromatic nitrogens is 1. The summed E-state index contributed by atoms with van der Waals surface area (Å²) >= 11 is 0. The van der Waals surface area contributed by atoms with Gasteiger partial charge in [0.25, 0.3) is 0 Å². The maximum Gasteiger partial charge on any atom is 0.328 e. The molecule has 1 aromatic heterocycles. The molecule has 0 fully saturated rings. The van der Waals surface area contributed by atoms with Crippen molar-refractivity contribution in [3.05, 3.63) is 66.0 Å². The molecule has 0 radical (unpaired) electrons. The van der Waals surface area contributed by atoms with E-state index in [-0.39, 0.29) is 0 Å². The van der Waals surface area contributed by atoms with E-state index in [4.69, 9.17) is 5.11 Å². The molecule has 0 saturated carbocycles. The van der Waals surface area contributed by atoms with Crippen LogP contribution >= 0.6 is 0 Å². The summed E-state index contributed by atoms with van der Waals surface area (Å²) in [5.41, 5.74) is 2.99. The summed E-state index contributed by atoms with van der Waals surface area (Å²) in [5, 5.41) is 8.62. The average molecular weight is 282 g/mol. The van der Waals surface area contributed by atoms with Crippen LogP contribution in [0, 0.1) is 0 Å². The monoisotopic (exact) mass is 282 g/mol. The van der Waals surface area contributed by atoms with Gasteiger partial charge in [-0.3, -0.25) is 4.98 Å². The number of benzene rings is 1. The molecule has 1 aromatic carbocycles. The molecule has 0 spiro atoms. The molecule has 4 heteroatoms. The lowest BCUT2D eigenvalue weighted by Crippen LogP contribution is -2.22. The lowest BCUT2D eigenvalue weighted by atomic mass is 10.1. The van der Waals surface area contributed by atoms with Crippen molar-refractivity contribution < 1.29 is 9.90 Å². The molecule has 0 unspecified atom stereocenters. The van der Waals surface area contributed by atoms with Crippen molar-refractivity contribution in [1.29, 1.82) is 0 Å². The summed E-state index contributed by atoms with van der Waals surface area (Å²) in [6.45, 7) is 3.73. The molecule has 0 amide bonds. The Balaban J connectivity index is 2.10. The van der Waals surface area contributed by atoms with Crippen LogP contribution in [0.5, 0.6) is 0 Å². The molecule has 1 N–H and O–H groups in total. The van der Waals surface area contributed by atoms with Crippen molar-refractivity contribution in [2.45, 2.75) is 13.5 Å². The maximum atomic E-state index is 10.5. The van der Waals surface area contributed by atoms with Gasteiger partial charge in [0.15, 0.2) is 0 Å². The lowest BCUT2D eigenvalue weighted by molar-refractivity contribution is -0.131. The van der Waals surface area contributed by atoms with E-state index in [1.54, 1.807) is 12.3 Å². The van der Waals surface area contributed by atoms with Gasteiger partial charge in [-0.2, -0.15) is 0 Å². The first kappa shape index (κ1) is 14.8. The molecule has 2 aromatic rings. The molecule has 0 aliphatic carbocycles. The molecule has 0 aliphatic rings. The summed E-state index contributed by atoms with van der Waals surface area (Å²) in [4.78, 5) is 17.1.